The molecular weight excluding hydrogens is 229 g/mol. The fraction of sp³-hybridized carbons (Fsp3) is 0.417. The Morgan fingerprint density at radius 1 is 1.50 bits per heavy atom. The maximum atomic E-state index is 13.1. The molecule has 0 saturated heterocycles. The zero-order valence-electron chi connectivity index (χ0n) is 9.34. The van der Waals surface area contributed by atoms with Crippen molar-refractivity contribution >= 4 is 17.4 Å². The monoisotopic (exact) mass is 243 g/mol. The van der Waals surface area contributed by atoms with Crippen LogP contribution in [-0.2, 0) is 11.2 Å². The maximum absolute atomic E-state index is 13.1. The van der Waals surface area contributed by atoms with E-state index in [2.05, 4.69) is 0 Å². The normalized spacial score (nSPS) is 12.9. The van der Waals surface area contributed by atoms with Gasteiger partial charge >= 0.3 is 0 Å². The minimum Gasteiger partial charge on any atom is -0.321 e. The van der Waals surface area contributed by atoms with Crippen molar-refractivity contribution in [1.29, 1.82) is 0 Å². The second-order valence-corrected chi connectivity index (χ2v) is 4.57. The SMILES string of the molecule is CC(C)C(N)C(=O)Cc1ccc(Cl)c(F)c1. The van der Waals surface area contributed by atoms with E-state index in [-0.39, 0.29) is 23.1 Å². The van der Waals surface area contributed by atoms with Crippen molar-refractivity contribution in [2.24, 2.45) is 11.7 Å². The van der Waals surface area contributed by atoms with Crippen LogP contribution in [0.1, 0.15) is 19.4 Å². The Balaban J connectivity index is 2.74. The van der Waals surface area contributed by atoms with Crippen LogP contribution in [0.3, 0.4) is 0 Å². The standard InChI is InChI=1S/C12H15ClFNO/c1-7(2)12(15)11(16)6-8-3-4-9(13)10(14)5-8/h3-5,7,12H,6,15H2,1-2H3. The van der Waals surface area contributed by atoms with Crippen molar-refractivity contribution in [2.75, 3.05) is 0 Å². The average Bonchev–Trinajstić information content (AvgIpc) is 2.22. The second-order valence-electron chi connectivity index (χ2n) is 4.16. The number of Topliss-reactive ketones (excluding diaryl/α,β-unsaturated/α-hetero) is 1. The molecule has 1 rings (SSSR count). The van der Waals surface area contributed by atoms with E-state index in [0.717, 1.165) is 0 Å². The van der Waals surface area contributed by atoms with Crippen LogP contribution in [0.4, 0.5) is 4.39 Å². The number of hydrogen-bond acceptors (Lipinski definition) is 2. The van der Waals surface area contributed by atoms with Gasteiger partial charge in [-0.25, -0.2) is 4.39 Å². The number of carbonyl (C=O) groups excluding carboxylic acids is 1. The van der Waals surface area contributed by atoms with E-state index < -0.39 is 11.9 Å². The molecule has 0 bridgehead atoms. The molecule has 0 radical (unpaired) electrons. The summed E-state index contributed by atoms with van der Waals surface area (Å²) in [6, 6.07) is 3.85. The van der Waals surface area contributed by atoms with E-state index in [9.17, 15) is 9.18 Å². The average molecular weight is 244 g/mol. The van der Waals surface area contributed by atoms with Gasteiger partial charge in [0.2, 0.25) is 0 Å². The molecule has 0 heterocycles. The highest BCUT2D eigenvalue weighted by Crippen LogP contribution is 2.16. The Labute approximate surface area is 99.6 Å². The van der Waals surface area contributed by atoms with Crippen LogP contribution < -0.4 is 5.73 Å². The van der Waals surface area contributed by atoms with Gasteiger partial charge in [-0.05, 0) is 23.6 Å². The number of nitrogens with two attached hydrogens (primary N) is 1. The lowest BCUT2D eigenvalue weighted by atomic mass is 9.96. The molecule has 1 atom stereocenters. The van der Waals surface area contributed by atoms with Crippen LogP contribution in [0, 0.1) is 11.7 Å². The molecule has 16 heavy (non-hydrogen) atoms. The number of halogens is 2. The molecule has 0 amide bonds. The van der Waals surface area contributed by atoms with Crippen LogP contribution in [0.5, 0.6) is 0 Å². The Bertz CT molecular complexity index is 393. The van der Waals surface area contributed by atoms with E-state index in [1.165, 1.54) is 12.1 Å². The first-order valence-corrected chi connectivity index (χ1v) is 5.52. The van der Waals surface area contributed by atoms with Crippen molar-refractivity contribution in [2.45, 2.75) is 26.3 Å². The number of ketones is 1. The fourth-order valence-corrected chi connectivity index (χ4v) is 1.46. The van der Waals surface area contributed by atoms with Gasteiger partial charge in [-0.15, -0.1) is 0 Å². The van der Waals surface area contributed by atoms with Gasteiger partial charge in [-0.1, -0.05) is 31.5 Å². The molecule has 1 aromatic carbocycles. The Morgan fingerprint density at radius 3 is 2.62 bits per heavy atom. The Morgan fingerprint density at radius 2 is 2.12 bits per heavy atom. The summed E-state index contributed by atoms with van der Waals surface area (Å²) in [5.41, 5.74) is 6.31. The summed E-state index contributed by atoms with van der Waals surface area (Å²) in [6.45, 7) is 3.76. The molecule has 1 aromatic rings. The van der Waals surface area contributed by atoms with Gasteiger partial charge in [-0.3, -0.25) is 4.79 Å². The predicted octanol–water partition coefficient (Wildman–Crippen LogP) is 2.57. The molecule has 1 unspecified atom stereocenters. The molecule has 2 N–H and O–H groups in total. The van der Waals surface area contributed by atoms with Crippen molar-refractivity contribution in [1.82, 2.24) is 0 Å². The van der Waals surface area contributed by atoms with E-state index >= 15 is 0 Å². The van der Waals surface area contributed by atoms with Gasteiger partial charge in [-0.2, -0.15) is 0 Å². The fourth-order valence-electron chi connectivity index (χ4n) is 1.34. The number of carbonyl (C=O) groups is 1. The van der Waals surface area contributed by atoms with E-state index in [0.29, 0.717) is 5.56 Å². The summed E-state index contributed by atoms with van der Waals surface area (Å²) in [4.78, 5) is 11.7. The van der Waals surface area contributed by atoms with Crippen molar-refractivity contribution in [3.8, 4) is 0 Å². The van der Waals surface area contributed by atoms with Gasteiger partial charge in [0.1, 0.15) is 5.82 Å². The lowest BCUT2D eigenvalue weighted by Crippen LogP contribution is -2.36. The molecule has 0 saturated carbocycles. The quantitative estimate of drug-likeness (QED) is 0.883. The molecular formula is C12H15ClFNO. The Kier molecular flexibility index (Phi) is 4.44. The van der Waals surface area contributed by atoms with Crippen molar-refractivity contribution < 1.29 is 9.18 Å². The van der Waals surface area contributed by atoms with Gasteiger partial charge in [0.15, 0.2) is 5.78 Å². The summed E-state index contributed by atoms with van der Waals surface area (Å²) in [5, 5.41) is 0.0596. The summed E-state index contributed by atoms with van der Waals surface area (Å²) < 4.78 is 13.1. The van der Waals surface area contributed by atoms with Gasteiger partial charge in [0.05, 0.1) is 11.1 Å². The summed E-state index contributed by atoms with van der Waals surface area (Å²) in [5.74, 6) is -0.508. The third kappa shape index (κ3) is 3.29. The first-order valence-electron chi connectivity index (χ1n) is 5.14. The molecule has 0 fully saturated rings. The Hall–Kier alpha value is -0.930. The van der Waals surface area contributed by atoms with Gasteiger partial charge < -0.3 is 5.73 Å². The van der Waals surface area contributed by atoms with Gasteiger partial charge in [0.25, 0.3) is 0 Å². The van der Waals surface area contributed by atoms with Crippen LogP contribution in [0.2, 0.25) is 5.02 Å². The number of rotatable bonds is 4. The third-order valence-electron chi connectivity index (χ3n) is 2.45. The van der Waals surface area contributed by atoms with Crippen LogP contribution in [0.15, 0.2) is 18.2 Å². The molecule has 2 nitrogen and oxygen atoms in total. The smallest absolute Gasteiger partial charge is 0.154 e. The number of benzene rings is 1. The number of hydrogen-bond donors (Lipinski definition) is 1. The molecule has 0 spiro atoms. The maximum Gasteiger partial charge on any atom is 0.154 e. The van der Waals surface area contributed by atoms with E-state index in [4.69, 9.17) is 17.3 Å². The van der Waals surface area contributed by atoms with E-state index in [1.54, 1.807) is 6.07 Å². The summed E-state index contributed by atoms with van der Waals surface area (Å²) in [7, 11) is 0. The molecule has 4 heteroatoms. The van der Waals surface area contributed by atoms with Crippen molar-refractivity contribution in [3.05, 3.63) is 34.6 Å². The molecule has 88 valence electrons. The van der Waals surface area contributed by atoms with Crippen LogP contribution in [0.25, 0.3) is 0 Å². The van der Waals surface area contributed by atoms with Crippen molar-refractivity contribution in [3.63, 3.8) is 0 Å². The first-order chi connectivity index (χ1) is 7.41. The molecule has 0 aromatic heterocycles. The topological polar surface area (TPSA) is 43.1 Å². The second kappa shape index (κ2) is 5.41. The first kappa shape index (κ1) is 13.1. The lowest BCUT2D eigenvalue weighted by molar-refractivity contribution is -0.120. The minimum absolute atomic E-state index is 0.0596. The third-order valence-corrected chi connectivity index (χ3v) is 2.76. The predicted molar refractivity (Wildman–Crippen MR) is 62.9 cm³/mol. The largest absolute Gasteiger partial charge is 0.321 e. The van der Waals surface area contributed by atoms with Gasteiger partial charge in [0, 0.05) is 6.42 Å². The highest BCUT2D eigenvalue weighted by atomic mass is 35.5. The van der Waals surface area contributed by atoms with Crippen LogP contribution >= 0.6 is 11.6 Å². The minimum atomic E-state index is -0.509. The zero-order chi connectivity index (χ0) is 12.3. The summed E-state index contributed by atoms with van der Waals surface area (Å²) in [6.07, 6.45) is 0.146. The molecule has 0 aliphatic rings. The highest BCUT2D eigenvalue weighted by Gasteiger charge is 2.17. The zero-order valence-corrected chi connectivity index (χ0v) is 10.1. The molecule has 0 aliphatic carbocycles. The lowest BCUT2D eigenvalue weighted by Gasteiger charge is -2.14. The molecule has 0 aliphatic heterocycles. The van der Waals surface area contributed by atoms with E-state index in [1.807, 2.05) is 13.8 Å². The summed E-state index contributed by atoms with van der Waals surface area (Å²) >= 11 is 5.55. The van der Waals surface area contributed by atoms with Crippen LogP contribution in [-0.4, -0.2) is 11.8 Å². The highest BCUT2D eigenvalue weighted by molar-refractivity contribution is 6.30.